The highest BCUT2D eigenvalue weighted by atomic mass is 16.6. The molecule has 2 fully saturated rings. The summed E-state index contributed by atoms with van der Waals surface area (Å²) in [5.41, 5.74) is 1.83. The van der Waals surface area contributed by atoms with E-state index in [2.05, 4.69) is 5.32 Å². The van der Waals surface area contributed by atoms with E-state index < -0.39 is 53.6 Å². The van der Waals surface area contributed by atoms with Gasteiger partial charge >= 0.3 is 5.97 Å². The molecule has 4 aliphatic rings. The first-order valence-corrected chi connectivity index (χ1v) is 16.1. The number of carbonyl (C=O) groups excluding carboxylic acids is 4. The van der Waals surface area contributed by atoms with Crippen LogP contribution in [-0.2, 0) is 28.7 Å². The van der Waals surface area contributed by atoms with Gasteiger partial charge in [0.15, 0.2) is 0 Å². The standard InChI is InChI=1S/C36H41N3O7/c1-4-25(21-40)39-32-34(43)38(26-19-22(2)15-16-23(26)3)18-10-17-36(32)31(33(39)42)30-27(46-36)13-8-9-14-29(41)37-20-28(45-35(30)44)24-11-6-5-7-12-24/h5-8,10-13,15-17,19,25,27-28,30-32,40H,4,9,14,18,20-21H2,1-3H3,(H,37,41)/b13-8-/t25-,27-,28+,30+,31+,32-,36+/m0/s1. The van der Waals surface area contributed by atoms with Crippen molar-refractivity contribution < 1.29 is 33.8 Å². The van der Waals surface area contributed by atoms with E-state index in [0.29, 0.717) is 18.4 Å². The summed E-state index contributed by atoms with van der Waals surface area (Å²) in [6.07, 6.45) is 6.46. The van der Waals surface area contributed by atoms with Gasteiger partial charge in [-0.3, -0.25) is 19.2 Å². The fourth-order valence-electron chi connectivity index (χ4n) is 7.38. The number of nitrogens with one attached hydrogen (secondary N) is 1. The molecule has 4 heterocycles. The van der Waals surface area contributed by atoms with Crippen LogP contribution in [0.2, 0.25) is 0 Å². The number of fused-ring (bicyclic) bond motifs is 2. The molecule has 0 radical (unpaired) electrons. The fraction of sp³-hybridized carbons (Fsp3) is 0.444. The topological polar surface area (TPSA) is 125 Å². The van der Waals surface area contributed by atoms with Crippen molar-refractivity contribution in [3.63, 3.8) is 0 Å². The second kappa shape index (κ2) is 12.8. The summed E-state index contributed by atoms with van der Waals surface area (Å²) < 4.78 is 12.9. The Morgan fingerprint density at radius 2 is 1.83 bits per heavy atom. The van der Waals surface area contributed by atoms with Crippen LogP contribution < -0.4 is 10.2 Å². The number of aryl methyl sites for hydroxylation is 2. The Balaban J connectivity index is 1.46. The molecule has 6 rings (SSSR count). The highest BCUT2D eigenvalue weighted by Crippen LogP contribution is 2.54. The fourth-order valence-corrected chi connectivity index (χ4v) is 7.38. The Morgan fingerprint density at radius 1 is 1.04 bits per heavy atom. The number of nitrogens with zero attached hydrogens (tertiary/aromatic N) is 2. The van der Waals surface area contributed by atoms with Gasteiger partial charge < -0.3 is 29.7 Å². The van der Waals surface area contributed by atoms with Crippen LogP contribution in [0, 0.1) is 25.7 Å². The predicted octanol–water partition coefficient (Wildman–Crippen LogP) is 3.31. The summed E-state index contributed by atoms with van der Waals surface area (Å²) in [5.74, 6) is -3.74. The van der Waals surface area contributed by atoms with E-state index >= 15 is 0 Å². The van der Waals surface area contributed by atoms with Gasteiger partial charge in [0.05, 0.1) is 31.2 Å². The zero-order valence-corrected chi connectivity index (χ0v) is 26.4. The third-order valence-electron chi connectivity index (χ3n) is 9.71. The molecule has 2 saturated heterocycles. The quantitative estimate of drug-likeness (QED) is 0.385. The van der Waals surface area contributed by atoms with Gasteiger partial charge in [-0.05, 0) is 49.4 Å². The Hall–Kier alpha value is -4.28. The van der Waals surface area contributed by atoms with E-state index in [1.165, 1.54) is 4.90 Å². The number of cyclic esters (lactones) is 1. The van der Waals surface area contributed by atoms with Gasteiger partial charge in [-0.2, -0.15) is 0 Å². The van der Waals surface area contributed by atoms with E-state index in [0.717, 1.165) is 16.8 Å². The van der Waals surface area contributed by atoms with Crippen LogP contribution in [0.3, 0.4) is 0 Å². The number of rotatable bonds is 5. The van der Waals surface area contributed by atoms with Gasteiger partial charge in [-0.15, -0.1) is 0 Å². The van der Waals surface area contributed by atoms with Crippen LogP contribution in [0.4, 0.5) is 5.69 Å². The average molecular weight is 628 g/mol. The number of aliphatic hydroxyl groups excluding tert-OH is 1. The number of amides is 3. The third kappa shape index (κ3) is 5.43. The van der Waals surface area contributed by atoms with E-state index in [1.807, 2.05) is 75.4 Å². The predicted molar refractivity (Wildman–Crippen MR) is 170 cm³/mol. The number of anilines is 1. The number of esters is 1. The van der Waals surface area contributed by atoms with E-state index in [-0.39, 0.29) is 37.9 Å². The molecule has 242 valence electrons. The van der Waals surface area contributed by atoms with Crippen molar-refractivity contribution in [2.45, 2.75) is 69.9 Å². The minimum atomic E-state index is -1.49. The lowest BCUT2D eigenvalue weighted by molar-refractivity contribution is -0.160. The summed E-state index contributed by atoms with van der Waals surface area (Å²) >= 11 is 0. The zero-order chi connectivity index (χ0) is 32.6. The minimum absolute atomic E-state index is 0.0701. The number of likely N-dealkylation sites (tertiary alicyclic amines) is 1. The summed E-state index contributed by atoms with van der Waals surface area (Å²) in [4.78, 5) is 59.4. The summed E-state index contributed by atoms with van der Waals surface area (Å²) in [7, 11) is 0. The van der Waals surface area contributed by atoms with E-state index in [9.17, 15) is 24.3 Å². The number of carbonyl (C=O) groups is 4. The van der Waals surface area contributed by atoms with Crippen molar-refractivity contribution in [1.82, 2.24) is 10.2 Å². The second-order valence-electron chi connectivity index (χ2n) is 12.6. The molecule has 4 aliphatic heterocycles. The van der Waals surface area contributed by atoms with E-state index in [4.69, 9.17) is 9.47 Å². The SMILES string of the molecule is CC[C@@H](CO)N1C(=O)[C@H]2[C@@H]3C(=O)O[C@@H](c4ccccc4)CNC(=O)CC/C=C\[C@@H]3O[C@]23C=CCN(c2cc(C)ccc2C)C(=O)[C@H]13. The Bertz CT molecular complexity index is 1570. The Kier molecular flexibility index (Phi) is 8.85. The van der Waals surface area contributed by atoms with Crippen molar-refractivity contribution in [2.24, 2.45) is 11.8 Å². The normalized spacial score (nSPS) is 31.1. The van der Waals surface area contributed by atoms with Gasteiger partial charge in [-0.25, -0.2) is 0 Å². The number of ether oxygens (including phenoxy) is 2. The van der Waals surface area contributed by atoms with Gasteiger partial charge in [0.1, 0.15) is 23.7 Å². The molecule has 0 unspecified atom stereocenters. The number of aliphatic hydroxyl groups is 1. The molecule has 2 aromatic carbocycles. The van der Waals surface area contributed by atoms with Gasteiger partial charge in [-0.1, -0.05) is 73.7 Å². The molecule has 0 bridgehead atoms. The largest absolute Gasteiger partial charge is 0.455 e. The Morgan fingerprint density at radius 3 is 2.57 bits per heavy atom. The maximum Gasteiger partial charge on any atom is 0.313 e. The zero-order valence-electron chi connectivity index (χ0n) is 26.4. The second-order valence-corrected chi connectivity index (χ2v) is 12.6. The molecular formula is C36H41N3O7. The highest BCUT2D eigenvalue weighted by molar-refractivity contribution is 6.06. The molecule has 7 atom stereocenters. The molecule has 10 heteroatoms. The van der Waals surface area contributed by atoms with Crippen molar-refractivity contribution in [1.29, 1.82) is 0 Å². The lowest BCUT2D eigenvalue weighted by Crippen LogP contribution is -2.58. The summed E-state index contributed by atoms with van der Waals surface area (Å²) in [5, 5.41) is 13.3. The van der Waals surface area contributed by atoms with E-state index in [1.54, 1.807) is 23.1 Å². The molecule has 0 aliphatic carbocycles. The van der Waals surface area contributed by atoms with Crippen LogP contribution >= 0.6 is 0 Å². The highest BCUT2D eigenvalue weighted by Gasteiger charge is 2.72. The molecule has 0 aromatic heterocycles. The van der Waals surface area contributed by atoms with Crippen molar-refractivity contribution in [2.75, 3.05) is 24.6 Å². The first kappa shape index (κ1) is 31.7. The third-order valence-corrected chi connectivity index (χ3v) is 9.71. The van der Waals surface area contributed by atoms with Gasteiger partial charge in [0.25, 0.3) is 5.91 Å². The number of benzene rings is 2. The van der Waals surface area contributed by atoms with Gasteiger partial charge in [0.2, 0.25) is 11.8 Å². The smallest absolute Gasteiger partial charge is 0.313 e. The summed E-state index contributed by atoms with van der Waals surface area (Å²) in [6, 6.07) is 13.2. The molecule has 3 amide bonds. The molecule has 1 spiro atoms. The monoisotopic (exact) mass is 627 g/mol. The van der Waals surface area contributed by atoms with Crippen LogP contribution in [0.25, 0.3) is 0 Å². The van der Waals surface area contributed by atoms with Crippen LogP contribution in [0.15, 0.2) is 72.8 Å². The maximum atomic E-state index is 14.8. The summed E-state index contributed by atoms with van der Waals surface area (Å²) in [6.45, 7) is 5.71. The lowest BCUT2D eigenvalue weighted by Gasteiger charge is -2.38. The Labute approximate surface area is 269 Å². The first-order chi connectivity index (χ1) is 22.2. The first-order valence-electron chi connectivity index (χ1n) is 16.1. The average Bonchev–Trinajstić information content (AvgIpc) is 3.44. The minimum Gasteiger partial charge on any atom is -0.455 e. The molecule has 10 nitrogen and oxygen atoms in total. The van der Waals surface area contributed by atoms with Crippen LogP contribution in [0.5, 0.6) is 0 Å². The maximum absolute atomic E-state index is 14.8. The molecule has 2 N–H and O–H groups in total. The molecule has 46 heavy (non-hydrogen) atoms. The lowest BCUT2D eigenvalue weighted by atomic mass is 9.77. The molecule has 0 saturated carbocycles. The molecule has 2 aromatic rings. The van der Waals surface area contributed by atoms with Gasteiger partial charge in [0, 0.05) is 18.7 Å². The van der Waals surface area contributed by atoms with Crippen molar-refractivity contribution in [3.8, 4) is 0 Å². The van der Waals surface area contributed by atoms with Crippen molar-refractivity contribution >= 4 is 29.4 Å². The van der Waals surface area contributed by atoms with Crippen molar-refractivity contribution in [3.05, 3.63) is 89.5 Å². The van der Waals surface area contributed by atoms with Crippen LogP contribution in [-0.4, -0.2) is 77.2 Å². The number of hydrogen-bond acceptors (Lipinski definition) is 7. The number of allylic oxidation sites excluding steroid dienone is 1. The van der Waals surface area contributed by atoms with Crippen LogP contribution in [0.1, 0.15) is 49.0 Å². The number of hydrogen-bond donors (Lipinski definition) is 2. The molecular weight excluding hydrogens is 586 g/mol.